The molecular weight excluding hydrogens is 346 g/mol. The van der Waals surface area contributed by atoms with Gasteiger partial charge in [-0.15, -0.1) is 0 Å². The van der Waals surface area contributed by atoms with Gasteiger partial charge >= 0.3 is 0 Å². The lowest BCUT2D eigenvalue weighted by Gasteiger charge is -2.37. The molecular formula is C23H33N5. The van der Waals surface area contributed by atoms with Crippen molar-refractivity contribution in [2.75, 3.05) is 31.6 Å². The minimum Gasteiger partial charge on any atom is -0.356 e. The summed E-state index contributed by atoms with van der Waals surface area (Å²) in [5.74, 6) is 1.15. The lowest BCUT2D eigenvalue weighted by Crippen LogP contribution is -2.49. The zero-order valence-electron chi connectivity index (χ0n) is 17.3. The molecule has 2 aromatic rings. The molecule has 3 heterocycles. The molecule has 1 N–H and O–H groups in total. The third kappa shape index (κ3) is 4.36. The lowest BCUT2D eigenvalue weighted by molar-refractivity contribution is 0.202. The second kappa shape index (κ2) is 9.01. The summed E-state index contributed by atoms with van der Waals surface area (Å²) in [6.07, 6.45) is 9.40. The highest BCUT2D eigenvalue weighted by molar-refractivity contribution is 5.46. The first-order valence-electron chi connectivity index (χ1n) is 10.8. The molecule has 0 spiro atoms. The molecule has 1 aromatic carbocycles. The van der Waals surface area contributed by atoms with Gasteiger partial charge in [0.1, 0.15) is 12.1 Å². The van der Waals surface area contributed by atoms with Crippen molar-refractivity contribution in [1.82, 2.24) is 20.2 Å². The van der Waals surface area contributed by atoms with Crippen molar-refractivity contribution in [2.24, 2.45) is 0 Å². The van der Waals surface area contributed by atoms with Crippen LogP contribution in [0.2, 0.25) is 0 Å². The third-order valence-corrected chi connectivity index (χ3v) is 6.34. The standard InChI is InChI=1S/C23H33N5/c1-3-6-19-14-24-17-26-23(19)28-11-9-21(10-12-28)25-15-22-13-18-7-4-5-8-20(18)16-27(22)2/h4-5,7-8,14,17,21-22,25H,3,6,9-13,15-16H2,1-2H3. The Bertz CT molecular complexity index is 769. The number of piperidine rings is 1. The first-order valence-corrected chi connectivity index (χ1v) is 10.8. The molecule has 0 radical (unpaired) electrons. The van der Waals surface area contributed by atoms with E-state index in [4.69, 9.17) is 0 Å². The van der Waals surface area contributed by atoms with Gasteiger partial charge in [-0.2, -0.15) is 0 Å². The van der Waals surface area contributed by atoms with Crippen LogP contribution in [0.15, 0.2) is 36.8 Å². The van der Waals surface area contributed by atoms with Crippen LogP contribution in [0.4, 0.5) is 5.82 Å². The molecule has 0 saturated carbocycles. The molecule has 1 unspecified atom stereocenters. The molecule has 4 rings (SSSR count). The number of anilines is 1. The summed E-state index contributed by atoms with van der Waals surface area (Å²) in [4.78, 5) is 13.8. The highest BCUT2D eigenvalue weighted by Crippen LogP contribution is 2.24. The summed E-state index contributed by atoms with van der Waals surface area (Å²) in [5, 5.41) is 3.86. The van der Waals surface area contributed by atoms with E-state index in [2.05, 4.69) is 63.3 Å². The molecule has 28 heavy (non-hydrogen) atoms. The highest BCUT2D eigenvalue weighted by atomic mass is 15.2. The summed E-state index contributed by atoms with van der Waals surface area (Å²) in [7, 11) is 2.26. The molecule has 150 valence electrons. The SMILES string of the molecule is CCCc1cncnc1N1CCC(NCC2Cc3ccccc3CN2C)CC1. The maximum atomic E-state index is 4.58. The maximum absolute atomic E-state index is 4.58. The number of nitrogens with one attached hydrogen (secondary N) is 1. The van der Waals surface area contributed by atoms with Gasteiger partial charge in [-0.25, -0.2) is 9.97 Å². The summed E-state index contributed by atoms with van der Waals surface area (Å²) in [6.45, 7) is 6.51. The Hall–Kier alpha value is -1.98. The van der Waals surface area contributed by atoms with E-state index in [-0.39, 0.29) is 0 Å². The number of hydrogen-bond donors (Lipinski definition) is 1. The number of nitrogens with zero attached hydrogens (tertiary/aromatic N) is 4. The van der Waals surface area contributed by atoms with Gasteiger partial charge in [0.2, 0.25) is 0 Å². The molecule has 1 fully saturated rings. The van der Waals surface area contributed by atoms with Gasteiger partial charge in [0.25, 0.3) is 0 Å². The van der Waals surface area contributed by atoms with Crippen molar-refractivity contribution in [3.05, 3.63) is 53.5 Å². The topological polar surface area (TPSA) is 44.3 Å². The zero-order valence-corrected chi connectivity index (χ0v) is 17.3. The molecule has 0 bridgehead atoms. The predicted octanol–water partition coefficient (Wildman–Crippen LogP) is 3.04. The number of aromatic nitrogens is 2. The van der Waals surface area contributed by atoms with Crippen LogP contribution >= 0.6 is 0 Å². The molecule has 0 amide bonds. The Balaban J connectivity index is 1.29. The lowest BCUT2D eigenvalue weighted by atomic mass is 9.94. The van der Waals surface area contributed by atoms with E-state index in [0.717, 1.165) is 51.3 Å². The number of aryl methyl sites for hydroxylation is 1. The number of likely N-dealkylation sites (N-methyl/N-ethyl adjacent to an activating group) is 1. The minimum atomic E-state index is 0.589. The minimum absolute atomic E-state index is 0.589. The van der Waals surface area contributed by atoms with Crippen LogP contribution in [-0.2, 0) is 19.4 Å². The summed E-state index contributed by atoms with van der Waals surface area (Å²) >= 11 is 0. The van der Waals surface area contributed by atoms with Crippen molar-refractivity contribution < 1.29 is 0 Å². The second-order valence-corrected chi connectivity index (χ2v) is 8.33. The van der Waals surface area contributed by atoms with E-state index in [1.165, 1.54) is 29.5 Å². The van der Waals surface area contributed by atoms with E-state index in [1.54, 1.807) is 6.33 Å². The fraction of sp³-hybridized carbons (Fsp3) is 0.565. The molecule has 5 heteroatoms. The molecule has 0 aliphatic carbocycles. The second-order valence-electron chi connectivity index (χ2n) is 8.33. The van der Waals surface area contributed by atoms with Gasteiger partial charge in [0.15, 0.2) is 0 Å². The van der Waals surface area contributed by atoms with E-state index < -0.39 is 0 Å². The fourth-order valence-corrected chi connectivity index (χ4v) is 4.63. The van der Waals surface area contributed by atoms with Crippen molar-refractivity contribution in [1.29, 1.82) is 0 Å². The first kappa shape index (κ1) is 19.3. The van der Waals surface area contributed by atoms with Gasteiger partial charge < -0.3 is 10.2 Å². The van der Waals surface area contributed by atoms with Gasteiger partial charge in [0.05, 0.1) is 0 Å². The van der Waals surface area contributed by atoms with Gasteiger partial charge in [-0.3, -0.25) is 4.90 Å². The Kier molecular flexibility index (Phi) is 6.23. The highest BCUT2D eigenvalue weighted by Gasteiger charge is 2.26. The van der Waals surface area contributed by atoms with E-state index in [9.17, 15) is 0 Å². The van der Waals surface area contributed by atoms with Crippen molar-refractivity contribution in [3.63, 3.8) is 0 Å². The molecule has 2 aliphatic heterocycles. The quantitative estimate of drug-likeness (QED) is 0.836. The van der Waals surface area contributed by atoms with Crippen LogP contribution in [0.3, 0.4) is 0 Å². The van der Waals surface area contributed by atoms with Crippen molar-refractivity contribution in [3.8, 4) is 0 Å². The van der Waals surface area contributed by atoms with Gasteiger partial charge in [-0.1, -0.05) is 37.6 Å². The number of rotatable bonds is 6. The Labute approximate surface area is 169 Å². The first-order chi connectivity index (χ1) is 13.7. The van der Waals surface area contributed by atoms with Crippen LogP contribution < -0.4 is 10.2 Å². The summed E-state index contributed by atoms with van der Waals surface area (Å²) < 4.78 is 0. The molecule has 1 atom stereocenters. The fourth-order valence-electron chi connectivity index (χ4n) is 4.63. The van der Waals surface area contributed by atoms with Crippen molar-refractivity contribution in [2.45, 2.75) is 57.7 Å². The average Bonchev–Trinajstić information content (AvgIpc) is 2.73. The summed E-state index contributed by atoms with van der Waals surface area (Å²) in [6, 6.07) is 10.1. The maximum Gasteiger partial charge on any atom is 0.135 e. The van der Waals surface area contributed by atoms with Gasteiger partial charge in [0, 0.05) is 50.0 Å². The summed E-state index contributed by atoms with van der Waals surface area (Å²) in [5.41, 5.74) is 4.30. The Morgan fingerprint density at radius 1 is 1.14 bits per heavy atom. The van der Waals surface area contributed by atoms with Crippen LogP contribution in [0, 0.1) is 0 Å². The predicted molar refractivity (Wildman–Crippen MR) is 115 cm³/mol. The van der Waals surface area contributed by atoms with Gasteiger partial charge in [-0.05, 0) is 43.9 Å². The van der Waals surface area contributed by atoms with E-state index >= 15 is 0 Å². The molecule has 1 saturated heterocycles. The number of hydrogen-bond acceptors (Lipinski definition) is 5. The van der Waals surface area contributed by atoms with Crippen LogP contribution in [0.25, 0.3) is 0 Å². The van der Waals surface area contributed by atoms with Crippen LogP contribution in [0.1, 0.15) is 42.9 Å². The molecule has 1 aromatic heterocycles. The number of fused-ring (bicyclic) bond motifs is 1. The van der Waals surface area contributed by atoms with Crippen LogP contribution in [0.5, 0.6) is 0 Å². The van der Waals surface area contributed by atoms with E-state index in [1.807, 2.05) is 6.20 Å². The molecule has 2 aliphatic rings. The number of benzene rings is 1. The van der Waals surface area contributed by atoms with Crippen molar-refractivity contribution >= 4 is 5.82 Å². The smallest absolute Gasteiger partial charge is 0.135 e. The monoisotopic (exact) mass is 379 g/mol. The Morgan fingerprint density at radius 3 is 2.71 bits per heavy atom. The normalized spacial score (nSPS) is 20.9. The molecule has 5 nitrogen and oxygen atoms in total. The third-order valence-electron chi connectivity index (χ3n) is 6.34. The average molecular weight is 380 g/mol. The largest absolute Gasteiger partial charge is 0.356 e. The zero-order chi connectivity index (χ0) is 19.3. The van der Waals surface area contributed by atoms with E-state index in [0.29, 0.717) is 12.1 Å². The Morgan fingerprint density at radius 2 is 1.93 bits per heavy atom. The van der Waals surface area contributed by atoms with Crippen LogP contribution in [-0.4, -0.2) is 53.6 Å².